The molecule has 0 saturated heterocycles. The number of hydrogen-bond donors (Lipinski definition) is 1. The van der Waals surface area contributed by atoms with Crippen LogP contribution in [0.4, 0.5) is 4.39 Å². The van der Waals surface area contributed by atoms with E-state index in [1.54, 1.807) is 12.1 Å². The first kappa shape index (κ1) is 13.5. The maximum absolute atomic E-state index is 13.3. The van der Waals surface area contributed by atoms with Crippen molar-refractivity contribution in [3.05, 3.63) is 35.1 Å². The average Bonchev–Trinajstić information content (AvgIpc) is 2.37. The van der Waals surface area contributed by atoms with Crippen molar-refractivity contribution in [2.75, 3.05) is 19.6 Å². The summed E-state index contributed by atoms with van der Waals surface area (Å²) in [4.78, 5) is 2.52. The van der Waals surface area contributed by atoms with Crippen molar-refractivity contribution in [2.45, 2.75) is 39.3 Å². The summed E-state index contributed by atoms with van der Waals surface area (Å²) < 4.78 is 13.3. The topological polar surface area (TPSA) is 15.3 Å². The van der Waals surface area contributed by atoms with Gasteiger partial charge in [-0.3, -0.25) is 4.90 Å². The lowest BCUT2D eigenvalue weighted by atomic mass is 9.95. The molecule has 1 aromatic rings. The smallest absolute Gasteiger partial charge is 0.123 e. The van der Waals surface area contributed by atoms with Crippen LogP contribution in [0.5, 0.6) is 0 Å². The van der Waals surface area contributed by atoms with E-state index in [4.69, 9.17) is 0 Å². The molecule has 1 atom stereocenters. The molecule has 2 nitrogen and oxygen atoms in total. The maximum Gasteiger partial charge on any atom is 0.123 e. The molecule has 2 rings (SSSR count). The molecule has 18 heavy (non-hydrogen) atoms. The van der Waals surface area contributed by atoms with Gasteiger partial charge in [-0.1, -0.05) is 19.9 Å². The Morgan fingerprint density at radius 1 is 1.28 bits per heavy atom. The maximum atomic E-state index is 13.3. The number of fused-ring (bicyclic) bond motifs is 1. The third-order valence-corrected chi connectivity index (χ3v) is 3.58. The summed E-state index contributed by atoms with van der Waals surface area (Å²) in [6.45, 7) is 8.40. The number of nitrogens with zero attached hydrogens (tertiary/aromatic N) is 1. The largest absolute Gasteiger partial charge is 0.311 e. The second kappa shape index (κ2) is 6.30. The molecule has 1 aliphatic rings. The molecule has 0 saturated carbocycles. The third kappa shape index (κ3) is 2.90. The minimum absolute atomic E-state index is 0.131. The predicted octanol–water partition coefficient (Wildman–Crippen LogP) is 3.09. The molecule has 0 radical (unpaired) electrons. The molecular formula is C15H23FN2. The molecule has 1 aromatic carbocycles. The van der Waals surface area contributed by atoms with Gasteiger partial charge in [0.25, 0.3) is 0 Å². The highest BCUT2D eigenvalue weighted by Gasteiger charge is 2.24. The first-order valence-corrected chi connectivity index (χ1v) is 6.99. The lowest BCUT2D eigenvalue weighted by Crippen LogP contribution is -2.40. The number of benzene rings is 1. The van der Waals surface area contributed by atoms with Crippen molar-refractivity contribution >= 4 is 0 Å². The van der Waals surface area contributed by atoms with Crippen molar-refractivity contribution in [3.63, 3.8) is 0 Å². The van der Waals surface area contributed by atoms with Gasteiger partial charge in [0.2, 0.25) is 0 Å². The molecule has 0 amide bonds. The summed E-state index contributed by atoms with van der Waals surface area (Å²) in [6, 6.07) is 5.63. The zero-order chi connectivity index (χ0) is 13.0. The van der Waals surface area contributed by atoms with Gasteiger partial charge in [0.15, 0.2) is 0 Å². The minimum atomic E-state index is -0.131. The lowest BCUT2D eigenvalue weighted by molar-refractivity contribution is 0.185. The fraction of sp³-hybridized carbons (Fsp3) is 0.600. The summed E-state index contributed by atoms with van der Waals surface area (Å²) in [5, 5.41) is 3.41. The Hall–Kier alpha value is -0.930. The van der Waals surface area contributed by atoms with E-state index in [1.807, 2.05) is 6.07 Å². The highest BCUT2D eigenvalue weighted by atomic mass is 19.1. The first-order chi connectivity index (χ1) is 8.76. The van der Waals surface area contributed by atoms with Crippen LogP contribution in [0.2, 0.25) is 0 Å². The lowest BCUT2D eigenvalue weighted by Gasteiger charge is -2.36. The van der Waals surface area contributed by atoms with Crippen LogP contribution < -0.4 is 5.32 Å². The molecule has 3 heteroatoms. The number of hydrogen-bond acceptors (Lipinski definition) is 2. The normalized spacial score (nSPS) is 19.0. The molecule has 0 aromatic heterocycles. The Kier molecular flexibility index (Phi) is 4.72. The molecule has 0 spiro atoms. The van der Waals surface area contributed by atoms with E-state index in [-0.39, 0.29) is 5.82 Å². The number of rotatable bonds is 5. The van der Waals surface area contributed by atoms with Crippen molar-refractivity contribution in [1.29, 1.82) is 0 Å². The summed E-state index contributed by atoms with van der Waals surface area (Å²) >= 11 is 0. The molecule has 1 N–H and O–H groups in total. The van der Waals surface area contributed by atoms with Crippen molar-refractivity contribution in [1.82, 2.24) is 10.2 Å². The SMILES string of the molecule is CCCN(CCC)[C@H]1CNCc2cc(F)ccc21. The summed E-state index contributed by atoms with van der Waals surface area (Å²) in [5.41, 5.74) is 2.42. The summed E-state index contributed by atoms with van der Waals surface area (Å²) in [5.74, 6) is -0.131. The van der Waals surface area contributed by atoms with Crippen LogP contribution in [0.3, 0.4) is 0 Å². The fourth-order valence-electron chi connectivity index (χ4n) is 2.83. The quantitative estimate of drug-likeness (QED) is 0.864. The second-order valence-electron chi connectivity index (χ2n) is 5.03. The van der Waals surface area contributed by atoms with Crippen LogP contribution in [0.25, 0.3) is 0 Å². The van der Waals surface area contributed by atoms with E-state index in [2.05, 4.69) is 24.1 Å². The van der Waals surface area contributed by atoms with Crippen LogP contribution >= 0.6 is 0 Å². The van der Waals surface area contributed by atoms with Crippen molar-refractivity contribution in [3.8, 4) is 0 Å². The van der Waals surface area contributed by atoms with Gasteiger partial charge < -0.3 is 5.32 Å². The van der Waals surface area contributed by atoms with Crippen molar-refractivity contribution < 1.29 is 4.39 Å². The standard InChI is InChI=1S/C15H23FN2/c1-3-7-18(8-4-2)15-11-17-10-12-9-13(16)5-6-14(12)15/h5-6,9,15,17H,3-4,7-8,10-11H2,1-2H3/t15-/m0/s1. The average molecular weight is 250 g/mol. The van der Waals surface area contributed by atoms with Crippen LogP contribution in [0.1, 0.15) is 43.9 Å². The van der Waals surface area contributed by atoms with Gasteiger partial charge in [-0.05, 0) is 49.2 Å². The van der Waals surface area contributed by atoms with Gasteiger partial charge >= 0.3 is 0 Å². The van der Waals surface area contributed by atoms with Crippen LogP contribution in [0.15, 0.2) is 18.2 Å². The van der Waals surface area contributed by atoms with Crippen LogP contribution in [0, 0.1) is 5.82 Å². The molecule has 1 aliphatic heterocycles. The van der Waals surface area contributed by atoms with Gasteiger partial charge in [-0.15, -0.1) is 0 Å². The number of halogens is 1. The van der Waals surface area contributed by atoms with Crippen LogP contribution in [-0.2, 0) is 6.54 Å². The van der Waals surface area contributed by atoms with Gasteiger partial charge in [0, 0.05) is 19.1 Å². The highest BCUT2D eigenvalue weighted by Crippen LogP contribution is 2.28. The Morgan fingerprint density at radius 2 is 2.00 bits per heavy atom. The molecular weight excluding hydrogens is 227 g/mol. The Balaban J connectivity index is 2.24. The van der Waals surface area contributed by atoms with E-state index < -0.39 is 0 Å². The first-order valence-electron chi connectivity index (χ1n) is 6.99. The second-order valence-corrected chi connectivity index (χ2v) is 5.03. The summed E-state index contributed by atoms with van der Waals surface area (Å²) in [6.07, 6.45) is 2.32. The Bertz CT molecular complexity index is 386. The van der Waals surface area contributed by atoms with E-state index in [0.717, 1.165) is 44.6 Å². The van der Waals surface area contributed by atoms with Gasteiger partial charge in [-0.2, -0.15) is 0 Å². The van der Waals surface area contributed by atoms with E-state index >= 15 is 0 Å². The molecule has 0 aliphatic carbocycles. The Morgan fingerprint density at radius 3 is 2.67 bits per heavy atom. The van der Waals surface area contributed by atoms with E-state index in [1.165, 1.54) is 5.56 Å². The predicted molar refractivity (Wildman–Crippen MR) is 73.0 cm³/mol. The molecule has 0 unspecified atom stereocenters. The molecule has 100 valence electrons. The van der Waals surface area contributed by atoms with Gasteiger partial charge in [0.05, 0.1) is 0 Å². The molecule has 1 heterocycles. The van der Waals surface area contributed by atoms with E-state index in [0.29, 0.717) is 6.04 Å². The fourth-order valence-corrected chi connectivity index (χ4v) is 2.83. The Labute approximate surface area is 109 Å². The van der Waals surface area contributed by atoms with Crippen LogP contribution in [-0.4, -0.2) is 24.5 Å². The number of nitrogens with one attached hydrogen (secondary N) is 1. The van der Waals surface area contributed by atoms with Gasteiger partial charge in [0.1, 0.15) is 5.82 Å². The van der Waals surface area contributed by atoms with Crippen molar-refractivity contribution in [2.24, 2.45) is 0 Å². The monoisotopic (exact) mass is 250 g/mol. The zero-order valence-corrected chi connectivity index (χ0v) is 11.4. The van der Waals surface area contributed by atoms with E-state index in [9.17, 15) is 4.39 Å². The summed E-state index contributed by atoms with van der Waals surface area (Å²) in [7, 11) is 0. The zero-order valence-electron chi connectivity index (χ0n) is 11.4. The third-order valence-electron chi connectivity index (χ3n) is 3.58. The minimum Gasteiger partial charge on any atom is -0.311 e. The molecule has 0 fully saturated rings. The van der Waals surface area contributed by atoms with Gasteiger partial charge in [-0.25, -0.2) is 4.39 Å². The highest BCUT2D eigenvalue weighted by molar-refractivity contribution is 5.33. The molecule has 0 bridgehead atoms.